The van der Waals surface area contributed by atoms with Crippen LogP contribution in [-0.4, -0.2) is 17.2 Å². The van der Waals surface area contributed by atoms with Crippen molar-refractivity contribution in [2.24, 2.45) is 0 Å². The van der Waals surface area contributed by atoms with Gasteiger partial charge >= 0.3 is 5.57 Å². The summed E-state index contributed by atoms with van der Waals surface area (Å²) in [6, 6.07) is 12.9. The highest BCUT2D eigenvalue weighted by molar-refractivity contribution is 6.30. The summed E-state index contributed by atoms with van der Waals surface area (Å²) in [4.78, 5) is 11.4. The van der Waals surface area contributed by atoms with Crippen molar-refractivity contribution in [3.05, 3.63) is 54.1 Å². The average molecular weight is 331 g/mol. The van der Waals surface area contributed by atoms with Gasteiger partial charge in [0.05, 0.1) is 5.88 Å². The molecule has 0 atom stereocenters. The number of alkyl halides is 4. The monoisotopic (exact) mass is 330 g/mol. The van der Waals surface area contributed by atoms with Crippen molar-refractivity contribution in [1.29, 1.82) is 0 Å². The number of carbonyl (C=O) groups excluding carboxylic acids is 1. The molecular formula is C15H10Cl2F2O2. The first-order valence-electron chi connectivity index (χ1n) is 5.94. The second kappa shape index (κ2) is 6.41. The van der Waals surface area contributed by atoms with Crippen LogP contribution in [0.1, 0.15) is 10.4 Å². The van der Waals surface area contributed by atoms with Crippen LogP contribution >= 0.6 is 23.2 Å². The van der Waals surface area contributed by atoms with E-state index < -0.39 is 5.57 Å². The van der Waals surface area contributed by atoms with Gasteiger partial charge in [0, 0.05) is 17.2 Å². The first kappa shape index (κ1) is 15.7. The lowest BCUT2D eigenvalue weighted by molar-refractivity contribution is -0.0964. The summed E-state index contributed by atoms with van der Waals surface area (Å²) in [6.07, 6.45) is 0. The van der Waals surface area contributed by atoms with E-state index in [1.807, 2.05) is 0 Å². The van der Waals surface area contributed by atoms with E-state index in [1.165, 1.54) is 12.1 Å². The van der Waals surface area contributed by atoms with Gasteiger partial charge in [0.2, 0.25) is 0 Å². The summed E-state index contributed by atoms with van der Waals surface area (Å²) >= 11 is 10.2. The Morgan fingerprint density at radius 3 is 1.90 bits per heavy atom. The first-order valence-corrected chi connectivity index (χ1v) is 6.86. The van der Waals surface area contributed by atoms with Crippen molar-refractivity contribution in [1.82, 2.24) is 0 Å². The minimum atomic E-state index is -3.73. The van der Waals surface area contributed by atoms with Crippen molar-refractivity contribution >= 4 is 29.0 Å². The van der Waals surface area contributed by atoms with Crippen molar-refractivity contribution in [2.75, 3.05) is 5.88 Å². The maximum atomic E-state index is 12.5. The molecule has 2 rings (SSSR count). The van der Waals surface area contributed by atoms with Gasteiger partial charge in [-0.15, -0.1) is 20.4 Å². The summed E-state index contributed by atoms with van der Waals surface area (Å²) in [5, 5.41) is 0. The zero-order valence-corrected chi connectivity index (χ0v) is 12.2. The molecule has 0 aliphatic rings. The van der Waals surface area contributed by atoms with E-state index in [9.17, 15) is 13.6 Å². The number of carbonyl (C=O) groups is 1. The molecule has 0 aliphatic heterocycles. The van der Waals surface area contributed by atoms with Gasteiger partial charge in [0.25, 0.3) is 0 Å². The highest BCUT2D eigenvalue weighted by Crippen LogP contribution is 2.27. The van der Waals surface area contributed by atoms with Crippen molar-refractivity contribution in [2.45, 2.75) is 5.57 Å². The molecule has 0 spiro atoms. The molecule has 0 radical (unpaired) electrons. The Bertz CT molecular complexity index is 620. The van der Waals surface area contributed by atoms with Crippen molar-refractivity contribution in [3.8, 4) is 16.9 Å². The molecule has 0 aliphatic carbocycles. The summed E-state index contributed by atoms with van der Waals surface area (Å²) in [6.45, 7) is 0. The van der Waals surface area contributed by atoms with Crippen LogP contribution in [0.3, 0.4) is 0 Å². The van der Waals surface area contributed by atoms with Gasteiger partial charge in [-0.05, 0) is 23.3 Å². The Morgan fingerprint density at radius 1 is 1.00 bits per heavy atom. The summed E-state index contributed by atoms with van der Waals surface area (Å²) in [7, 11) is 0. The fourth-order valence-corrected chi connectivity index (χ4v) is 2.02. The van der Waals surface area contributed by atoms with Gasteiger partial charge in [0.15, 0.2) is 5.78 Å². The molecule has 0 aromatic heterocycles. The molecule has 21 heavy (non-hydrogen) atoms. The molecule has 110 valence electrons. The van der Waals surface area contributed by atoms with E-state index in [-0.39, 0.29) is 17.4 Å². The largest absolute Gasteiger partial charge is 0.487 e. The molecule has 0 saturated carbocycles. The summed E-state index contributed by atoms with van der Waals surface area (Å²) in [5.41, 5.74) is -1.57. The van der Waals surface area contributed by atoms with Gasteiger partial charge in [-0.1, -0.05) is 36.4 Å². The standard InChI is InChI=1S/C15H10Cl2F2O2/c16-9-14(20)12-3-1-10(2-4-12)11-5-7-13(8-6-11)21-15(17,18)19/h1-8H,9H2. The van der Waals surface area contributed by atoms with Crippen molar-refractivity contribution < 1.29 is 18.3 Å². The third-order valence-corrected chi connectivity index (χ3v) is 3.07. The quantitative estimate of drug-likeness (QED) is 0.573. The molecule has 0 heterocycles. The molecule has 0 unspecified atom stereocenters. The molecule has 2 nitrogen and oxygen atoms in total. The molecule has 0 N–H and O–H groups in total. The highest BCUT2D eigenvalue weighted by atomic mass is 35.5. The van der Waals surface area contributed by atoms with Gasteiger partial charge in [0.1, 0.15) is 5.75 Å². The number of rotatable bonds is 5. The highest BCUT2D eigenvalue weighted by Gasteiger charge is 2.27. The smallest absolute Gasteiger partial charge is 0.420 e. The van der Waals surface area contributed by atoms with E-state index >= 15 is 0 Å². The molecule has 2 aromatic rings. The van der Waals surface area contributed by atoms with Gasteiger partial charge in [-0.3, -0.25) is 4.79 Å². The minimum Gasteiger partial charge on any atom is -0.420 e. The molecular weight excluding hydrogens is 321 g/mol. The molecule has 6 heteroatoms. The second-order valence-corrected chi connectivity index (χ2v) is 4.91. The SMILES string of the molecule is O=C(CCl)c1ccc(-c2ccc(OC(F)(F)Cl)cc2)cc1. The van der Waals surface area contributed by atoms with E-state index in [0.29, 0.717) is 5.56 Å². The molecule has 0 fully saturated rings. The summed E-state index contributed by atoms with van der Waals surface area (Å²) < 4.78 is 29.2. The predicted molar refractivity (Wildman–Crippen MR) is 78.4 cm³/mol. The topological polar surface area (TPSA) is 26.3 Å². The Labute approximate surface area is 130 Å². The van der Waals surface area contributed by atoms with Crippen LogP contribution in [0.4, 0.5) is 8.78 Å². The summed E-state index contributed by atoms with van der Waals surface area (Å²) in [5.74, 6) is -0.262. The van der Waals surface area contributed by atoms with E-state index in [4.69, 9.17) is 11.6 Å². The maximum absolute atomic E-state index is 12.5. The van der Waals surface area contributed by atoms with Gasteiger partial charge < -0.3 is 4.74 Å². The lowest BCUT2D eigenvalue weighted by Crippen LogP contribution is -2.15. The number of halogens is 4. The second-order valence-electron chi connectivity index (χ2n) is 4.21. The molecule has 0 bridgehead atoms. The number of Topliss-reactive ketones (excluding diaryl/α,β-unsaturated/α-hetero) is 1. The normalized spacial score (nSPS) is 11.2. The lowest BCUT2D eigenvalue weighted by atomic mass is 10.0. The van der Waals surface area contributed by atoms with Crippen LogP contribution < -0.4 is 4.74 Å². The Kier molecular flexibility index (Phi) is 4.80. The van der Waals surface area contributed by atoms with Gasteiger partial charge in [-0.2, -0.15) is 0 Å². The third-order valence-electron chi connectivity index (χ3n) is 2.75. The average Bonchev–Trinajstić information content (AvgIpc) is 2.46. The van der Waals surface area contributed by atoms with Crippen LogP contribution in [-0.2, 0) is 0 Å². The lowest BCUT2D eigenvalue weighted by Gasteiger charge is -2.11. The van der Waals surface area contributed by atoms with E-state index in [1.54, 1.807) is 36.4 Å². The first-order chi connectivity index (χ1) is 9.89. The Morgan fingerprint density at radius 2 is 1.48 bits per heavy atom. The minimum absolute atomic E-state index is 0.0345. The zero-order valence-electron chi connectivity index (χ0n) is 10.7. The Hall–Kier alpha value is -1.65. The maximum Gasteiger partial charge on any atom is 0.487 e. The van der Waals surface area contributed by atoms with Crippen LogP contribution in [0.25, 0.3) is 11.1 Å². The van der Waals surface area contributed by atoms with Crippen LogP contribution in [0.5, 0.6) is 5.75 Å². The number of benzene rings is 2. The Balaban J connectivity index is 2.17. The van der Waals surface area contributed by atoms with Crippen LogP contribution in [0, 0.1) is 0 Å². The molecule has 0 saturated heterocycles. The van der Waals surface area contributed by atoms with Crippen LogP contribution in [0.2, 0.25) is 0 Å². The molecule has 2 aromatic carbocycles. The fraction of sp³-hybridized carbons (Fsp3) is 0.133. The number of hydrogen-bond donors (Lipinski definition) is 0. The van der Waals surface area contributed by atoms with Crippen LogP contribution in [0.15, 0.2) is 48.5 Å². The molecule has 0 amide bonds. The fourth-order valence-electron chi connectivity index (χ4n) is 1.77. The van der Waals surface area contributed by atoms with E-state index in [0.717, 1.165) is 11.1 Å². The number of hydrogen-bond acceptors (Lipinski definition) is 2. The third kappa shape index (κ3) is 4.41. The van der Waals surface area contributed by atoms with Crippen molar-refractivity contribution in [3.63, 3.8) is 0 Å². The zero-order chi connectivity index (χ0) is 15.5. The number of ether oxygens (including phenoxy) is 1. The predicted octanol–water partition coefficient (Wildman–Crippen LogP) is 4.94. The number of ketones is 1. The van der Waals surface area contributed by atoms with Gasteiger partial charge in [-0.25, -0.2) is 0 Å². The van der Waals surface area contributed by atoms with E-state index in [2.05, 4.69) is 16.3 Å².